The number of benzene rings is 2. The summed E-state index contributed by atoms with van der Waals surface area (Å²) in [4.78, 5) is 27.3. The molecule has 1 amide bonds. The third-order valence-electron chi connectivity index (χ3n) is 4.41. The first kappa shape index (κ1) is 19.5. The Bertz CT molecular complexity index is 1250. The van der Waals surface area contributed by atoms with Crippen LogP contribution in [0, 0.1) is 24.0 Å². The second-order valence-corrected chi connectivity index (χ2v) is 7.49. The molecule has 0 spiro atoms. The summed E-state index contributed by atoms with van der Waals surface area (Å²) in [5.41, 5.74) is 4.22. The molecule has 10 heteroatoms. The molecule has 0 bridgehead atoms. The van der Waals surface area contributed by atoms with Gasteiger partial charge in [0.15, 0.2) is 6.61 Å². The van der Waals surface area contributed by atoms with Crippen molar-refractivity contribution in [2.75, 3.05) is 11.9 Å². The van der Waals surface area contributed by atoms with E-state index in [9.17, 15) is 14.9 Å². The minimum absolute atomic E-state index is 0.0475. The van der Waals surface area contributed by atoms with E-state index in [-0.39, 0.29) is 18.2 Å². The molecule has 2 heterocycles. The number of aryl methyl sites for hydroxylation is 2. The largest absolute Gasteiger partial charge is 0.484 e. The molecule has 0 saturated heterocycles. The highest BCUT2D eigenvalue weighted by molar-refractivity contribution is 7.15. The van der Waals surface area contributed by atoms with Crippen LogP contribution in [0.15, 0.2) is 47.8 Å². The van der Waals surface area contributed by atoms with Crippen LogP contribution >= 0.6 is 11.3 Å². The number of carbonyl (C=O) groups excluding carboxylic acids is 1. The Labute approximate surface area is 175 Å². The van der Waals surface area contributed by atoms with Crippen LogP contribution in [0.1, 0.15) is 11.1 Å². The van der Waals surface area contributed by atoms with Crippen LogP contribution in [0.25, 0.3) is 16.2 Å². The van der Waals surface area contributed by atoms with E-state index in [4.69, 9.17) is 4.74 Å². The number of hydrogen-bond acceptors (Lipinski definition) is 7. The van der Waals surface area contributed by atoms with Gasteiger partial charge in [-0.15, -0.1) is 16.4 Å². The van der Waals surface area contributed by atoms with Crippen molar-refractivity contribution >= 4 is 33.8 Å². The van der Waals surface area contributed by atoms with Gasteiger partial charge in [0.1, 0.15) is 5.75 Å². The van der Waals surface area contributed by atoms with Gasteiger partial charge in [-0.2, -0.15) is 4.98 Å². The number of anilines is 1. The predicted octanol–water partition coefficient (Wildman–Crippen LogP) is 4.00. The topological polar surface area (TPSA) is 112 Å². The van der Waals surface area contributed by atoms with Gasteiger partial charge in [-0.05, 0) is 31.5 Å². The highest BCUT2D eigenvalue weighted by Crippen LogP contribution is 2.29. The summed E-state index contributed by atoms with van der Waals surface area (Å²) in [5, 5.41) is 19.7. The van der Waals surface area contributed by atoms with E-state index in [1.54, 1.807) is 4.52 Å². The number of thiazole rings is 1. The fourth-order valence-corrected chi connectivity index (χ4v) is 3.82. The van der Waals surface area contributed by atoms with E-state index in [2.05, 4.69) is 21.5 Å². The smallest absolute Gasteiger partial charge is 0.269 e. The van der Waals surface area contributed by atoms with Crippen LogP contribution < -0.4 is 10.1 Å². The average Bonchev–Trinajstić information content (AvgIpc) is 3.27. The summed E-state index contributed by atoms with van der Waals surface area (Å²) in [6.45, 7) is 3.82. The van der Waals surface area contributed by atoms with Gasteiger partial charge in [0.05, 0.1) is 10.6 Å². The van der Waals surface area contributed by atoms with E-state index in [0.717, 1.165) is 16.8 Å². The molecule has 0 aliphatic rings. The molecule has 4 aromatic rings. The zero-order valence-electron chi connectivity index (χ0n) is 16.2. The lowest BCUT2D eigenvalue weighted by Crippen LogP contribution is -2.21. The normalized spacial score (nSPS) is 10.9. The molecule has 4 rings (SSSR count). The maximum atomic E-state index is 12.2. The van der Waals surface area contributed by atoms with Crippen molar-refractivity contribution in [2.24, 2.45) is 0 Å². The molecule has 30 heavy (non-hydrogen) atoms. The Hall–Kier alpha value is -3.79. The maximum Gasteiger partial charge on any atom is 0.269 e. The Balaban J connectivity index is 1.44. The number of nitrogens with one attached hydrogen (secondary N) is 1. The minimum atomic E-state index is -0.501. The van der Waals surface area contributed by atoms with Crippen molar-refractivity contribution in [3.05, 3.63) is 69.1 Å². The first-order chi connectivity index (χ1) is 14.4. The molecular weight excluding hydrogens is 406 g/mol. The zero-order chi connectivity index (χ0) is 21.3. The molecular formula is C20H17N5O4S. The Morgan fingerprint density at radius 1 is 1.23 bits per heavy atom. The van der Waals surface area contributed by atoms with Crippen LogP contribution in [0.5, 0.6) is 5.75 Å². The first-order valence-electron chi connectivity index (χ1n) is 9.00. The molecule has 0 aliphatic carbocycles. The SMILES string of the molecule is Cc1ccc(-c2csc3nc(NC(=O)COc4ccc([N+](=O)[O-])cc4)nn23)c(C)c1. The molecule has 0 radical (unpaired) electrons. The summed E-state index contributed by atoms with van der Waals surface area (Å²) in [5.74, 6) is 0.108. The fourth-order valence-electron chi connectivity index (χ4n) is 2.99. The number of fused-ring (bicyclic) bond motifs is 1. The van der Waals surface area contributed by atoms with Crippen LogP contribution in [-0.2, 0) is 4.79 Å². The van der Waals surface area contributed by atoms with E-state index >= 15 is 0 Å². The number of hydrogen-bond donors (Lipinski definition) is 1. The van der Waals surface area contributed by atoms with Crippen molar-refractivity contribution in [2.45, 2.75) is 13.8 Å². The van der Waals surface area contributed by atoms with E-state index in [0.29, 0.717) is 10.7 Å². The van der Waals surface area contributed by atoms with Gasteiger partial charge in [-0.25, -0.2) is 4.52 Å². The molecule has 9 nitrogen and oxygen atoms in total. The quantitative estimate of drug-likeness (QED) is 0.371. The number of nitro groups is 1. The standard InChI is InChI=1S/C20H17N5O4S/c1-12-3-8-16(13(2)9-12)17-11-30-20-22-19(23-24(17)20)21-18(26)10-29-15-6-4-14(5-7-15)25(27)28/h3-9,11H,10H2,1-2H3,(H,21,23,26). The Morgan fingerprint density at radius 3 is 2.70 bits per heavy atom. The number of aromatic nitrogens is 3. The summed E-state index contributed by atoms with van der Waals surface area (Å²) < 4.78 is 7.06. The summed E-state index contributed by atoms with van der Waals surface area (Å²) in [6.07, 6.45) is 0. The Kier molecular flexibility index (Phi) is 5.15. The maximum absolute atomic E-state index is 12.2. The van der Waals surface area contributed by atoms with Gasteiger partial charge in [0.25, 0.3) is 17.5 Å². The number of amides is 1. The second kappa shape index (κ2) is 7.91. The molecule has 0 atom stereocenters. The number of nitro benzene ring substituents is 1. The summed E-state index contributed by atoms with van der Waals surface area (Å²) in [7, 11) is 0. The van der Waals surface area contributed by atoms with E-state index < -0.39 is 10.8 Å². The van der Waals surface area contributed by atoms with Gasteiger partial charge >= 0.3 is 0 Å². The number of rotatable bonds is 6. The molecule has 0 fully saturated rings. The lowest BCUT2D eigenvalue weighted by molar-refractivity contribution is -0.384. The predicted molar refractivity (Wildman–Crippen MR) is 113 cm³/mol. The lowest BCUT2D eigenvalue weighted by atomic mass is 10.0. The van der Waals surface area contributed by atoms with Gasteiger partial charge in [0.2, 0.25) is 4.96 Å². The first-order valence-corrected chi connectivity index (χ1v) is 9.87. The summed E-state index contributed by atoms with van der Waals surface area (Å²) >= 11 is 1.44. The molecule has 0 aliphatic heterocycles. The number of nitrogens with zero attached hydrogens (tertiary/aromatic N) is 4. The molecule has 1 N–H and O–H groups in total. The van der Waals surface area contributed by atoms with Gasteiger partial charge in [-0.1, -0.05) is 23.8 Å². The third kappa shape index (κ3) is 3.98. The lowest BCUT2D eigenvalue weighted by Gasteiger charge is -2.06. The summed E-state index contributed by atoms with van der Waals surface area (Å²) in [6, 6.07) is 11.7. The molecule has 0 unspecified atom stereocenters. The number of carbonyl (C=O) groups is 1. The minimum Gasteiger partial charge on any atom is -0.484 e. The highest BCUT2D eigenvalue weighted by Gasteiger charge is 2.15. The fraction of sp³-hybridized carbons (Fsp3) is 0.150. The zero-order valence-corrected chi connectivity index (χ0v) is 17.0. The van der Waals surface area contributed by atoms with Gasteiger partial charge < -0.3 is 4.74 Å². The van der Waals surface area contributed by atoms with E-state index in [1.807, 2.05) is 31.4 Å². The van der Waals surface area contributed by atoms with Crippen molar-refractivity contribution in [3.8, 4) is 17.0 Å². The number of ether oxygens (including phenoxy) is 1. The van der Waals surface area contributed by atoms with Crippen LogP contribution in [-0.4, -0.2) is 32.0 Å². The Morgan fingerprint density at radius 2 is 2.00 bits per heavy atom. The molecule has 0 saturated carbocycles. The highest BCUT2D eigenvalue weighted by atomic mass is 32.1. The van der Waals surface area contributed by atoms with E-state index in [1.165, 1.54) is 41.2 Å². The van der Waals surface area contributed by atoms with Crippen LogP contribution in [0.2, 0.25) is 0 Å². The molecule has 152 valence electrons. The van der Waals surface area contributed by atoms with Crippen molar-refractivity contribution in [3.63, 3.8) is 0 Å². The monoisotopic (exact) mass is 423 g/mol. The van der Waals surface area contributed by atoms with Crippen molar-refractivity contribution < 1.29 is 14.5 Å². The molecule has 2 aromatic carbocycles. The number of non-ortho nitro benzene ring substituents is 1. The van der Waals surface area contributed by atoms with Crippen molar-refractivity contribution in [1.82, 2.24) is 14.6 Å². The average molecular weight is 423 g/mol. The molecule has 2 aromatic heterocycles. The van der Waals surface area contributed by atoms with Crippen LogP contribution in [0.3, 0.4) is 0 Å². The third-order valence-corrected chi connectivity index (χ3v) is 5.22. The van der Waals surface area contributed by atoms with Gasteiger partial charge in [-0.3, -0.25) is 20.2 Å². The van der Waals surface area contributed by atoms with Gasteiger partial charge in [0, 0.05) is 23.1 Å². The van der Waals surface area contributed by atoms with Crippen LogP contribution in [0.4, 0.5) is 11.6 Å². The van der Waals surface area contributed by atoms with Crippen molar-refractivity contribution in [1.29, 1.82) is 0 Å². The second-order valence-electron chi connectivity index (χ2n) is 6.66.